The van der Waals surface area contributed by atoms with Crippen LogP contribution in [0.4, 0.5) is 5.69 Å². The molecule has 0 aliphatic rings. The third-order valence-corrected chi connectivity index (χ3v) is 2.47. The molecule has 7 nitrogen and oxygen atoms in total. The number of hydrogen-bond acceptors (Lipinski definition) is 3. The topological polar surface area (TPSA) is 121 Å². The summed E-state index contributed by atoms with van der Waals surface area (Å²) in [5.41, 5.74) is 6.43. The molecule has 1 aromatic heterocycles. The van der Waals surface area contributed by atoms with Gasteiger partial charge in [0.2, 0.25) is 0 Å². The first-order valence-corrected chi connectivity index (χ1v) is 5.72. The summed E-state index contributed by atoms with van der Waals surface area (Å²) >= 11 is 0. The van der Waals surface area contributed by atoms with Crippen molar-refractivity contribution in [2.75, 3.05) is 5.09 Å². The molecule has 1 aromatic carbocycles. The second-order valence-electron chi connectivity index (χ2n) is 3.08. The molecule has 0 fully saturated rings. The van der Waals surface area contributed by atoms with Crippen molar-refractivity contribution in [1.82, 2.24) is 9.97 Å². The number of aromatic amines is 1. The van der Waals surface area contributed by atoms with Crippen molar-refractivity contribution in [2.24, 2.45) is 5.73 Å². The van der Waals surface area contributed by atoms with Crippen LogP contribution in [0.25, 0.3) is 11.0 Å². The number of carbonyl (C=O) groups is 1. The summed E-state index contributed by atoms with van der Waals surface area (Å²) in [4.78, 5) is 26.3. The lowest BCUT2D eigenvalue weighted by Crippen LogP contribution is -2.12. The molecule has 0 aliphatic carbocycles. The number of benzene rings is 1. The summed E-state index contributed by atoms with van der Waals surface area (Å²) in [6.07, 6.45) is 0. The molecule has 2 aromatic rings. The standard InChI is InChI=1S/C8H9N4O3P/c9-7(13)8-10-4-2-1-3-5(6(4)11-8)12-16(14)15/h1-3,16H,(H2,9,13)(H,10,11)(H2,12,14,15). The Kier molecular flexibility index (Phi) is 2.64. The number of amides is 1. The van der Waals surface area contributed by atoms with Gasteiger partial charge in [0.25, 0.3) is 14.1 Å². The minimum Gasteiger partial charge on any atom is -0.363 e. The first kappa shape index (κ1) is 10.7. The fraction of sp³-hybridized carbons (Fsp3) is 0. The first-order valence-electron chi connectivity index (χ1n) is 4.36. The number of hydrogen-bond donors (Lipinski definition) is 4. The third kappa shape index (κ3) is 1.91. The van der Waals surface area contributed by atoms with Gasteiger partial charge < -0.3 is 20.7 Å². The van der Waals surface area contributed by atoms with E-state index in [2.05, 4.69) is 15.1 Å². The fourth-order valence-electron chi connectivity index (χ4n) is 1.36. The second kappa shape index (κ2) is 3.96. The second-order valence-corrected chi connectivity index (χ2v) is 3.94. The summed E-state index contributed by atoms with van der Waals surface area (Å²) in [6.45, 7) is 0. The van der Waals surface area contributed by atoms with E-state index in [-0.39, 0.29) is 5.82 Å². The van der Waals surface area contributed by atoms with E-state index in [1.54, 1.807) is 18.2 Å². The highest BCUT2D eigenvalue weighted by Gasteiger charge is 2.10. The van der Waals surface area contributed by atoms with Crippen LogP contribution in [0.3, 0.4) is 0 Å². The normalized spacial score (nSPS) is 12.6. The Morgan fingerprint density at radius 3 is 2.94 bits per heavy atom. The number of para-hydroxylation sites is 1. The lowest BCUT2D eigenvalue weighted by atomic mass is 10.3. The van der Waals surface area contributed by atoms with E-state index in [9.17, 15) is 9.36 Å². The number of anilines is 1. The van der Waals surface area contributed by atoms with E-state index in [1.165, 1.54) is 0 Å². The Morgan fingerprint density at radius 1 is 1.56 bits per heavy atom. The van der Waals surface area contributed by atoms with Crippen molar-refractivity contribution in [3.8, 4) is 0 Å². The summed E-state index contributed by atoms with van der Waals surface area (Å²) in [7, 11) is -2.86. The third-order valence-electron chi connectivity index (χ3n) is 1.99. The van der Waals surface area contributed by atoms with Crippen LogP contribution in [-0.4, -0.2) is 20.8 Å². The van der Waals surface area contributed by atoms with Gasteiger partial charge in [0, 0.05) is 0 Å². The molecule has 1 amide bonds. The van der Waals surface area contributed by atoms with Gasteiger partial charge in [-0.1, -0.05) is 6.07 Å². The molecule has 0 bridgehead atoms. The smallest absolute Gasteiger partial charge is 0.284 e. The number of nitrogens with one attached hydrogen (secondary N) is 2. The fourth-order valence-corrected chi connectivity index (χ4v) is 1.80. The van der Waals surface area contributed by atoms with Crippen LogP contribution in [0, 0.1) is 0 Å². The number of nitrogens with zero attached hydrogens (tertiary/aromatic N) is 1. The monoisotopic (exact) mass is 240 g/mol. The lowest BCUT2D eigenvalue weighted by Gasteiger charge is -2.01. The van der Waals surface area contributed by atoms with Crippen molar-refractivity contribution >= 4 is 30.8 Å². The van der Waals surface area contributed by atoms with Gasteiger partial charge in [-0.25, -0.2) is 4.98 Å². The molecule has 16 heavy (non-hydrogen) atoms. The van der Waals surface area contributed by atoms with Gasteiger partial charge in [-0.05, 0) is 12.1 Å². The summed E-state index contributed by atoms with van der Waals surface area (Å²) in [6, 6.07) is 4.94. The van der Waals surface area contributed by atoms with Gasteiger partial charge in [0.15, 0.2) is 5.82 Å². The number of nitrogens with two attached hydrogens (primary N) is 1. The maximum atomic E-state index is 10.9. The summed E-state index contributed by atoms with van der Waals surface area (Å²) < 4.78 is 10.7. The zero-order valence-corrected chi connectivity index (χ0v) is 9.02. The van der Waals surface area contributed by atoms with Crippen LogP contribution < -0.4 is 10.8 Å². The molecule has 5 N–H and O–H groups in total. The largest absolute Gasteiger partial charge is 0.363 e. The quantitative estimate of drug-likeness (QED) is 0.580. The highest BCUT2D eigenvalue weighted by Crippen LogP contribution is 2.26. The average molecular weight is 240 g/mol. The van der Waals surface area contributed by atoms with Crippen LogP contribution in [0.1, 0.15) is 10.6 Å². The highest BCUT2D eigenvalue weighted by molar-refractivity contribution is 7.39. The lowest BCUT2D eigenvalue weighted by molar-refractivity contribution is 0.0991. The van der Waals surface area contributed by atoms with Crippen molar-refractivity contribution in [1.29, 1.82) is 0 Å². The molecule has 2 rings (SSSR count). The van der Waals surface area contributed by atoms with Crippen molar-refractivity contribution < 1.29 is 14.3 Å². The van der Waals surface area contributed by atoms with Gasteiger partial charge in [-0.3, -0.25) is 9.36 Å². The van der Waals surface area contributed by atoms with E-state index in [4.69, 9.17) is 10.6 Å². The van der Waals surface area contributed by atoms with E-state index < -0.39 is 14.1 Å². The Hall–Kier alpha value is -1.85. The zero-order chi connectivity index (χ0) is 11.7. The molecule has 1 unspecified atom stereocenters. The molecule has 0 aliphatic heterocycles. The Labute approximate surface area is 90.6 Å². The van der Waals surface area contributed by atoms with Crippen LogP contribution in [0.2, 0.25) is 0 Å². The molecule has 0 saturated carbocycles. The summed E-state index contributed by atoms with van der Waals surface area (Å²) in [5, 5.41) is 2.37. The minimum atomic E-state index is -2.86. The Balaban J connectivity index is 2.58. The van der Waals surface area contributed by atoms with Gasteiger partial charge in [0.05, 0.1) is 11.2 Å². The van der Waals surface area contributed by atoms with E-state index in [0.717, 1.165) is 0 Å². The van der Waals surface area contributed by atoms with Gasteiger partial charge in [0.1, 0.15) is 5.52 Å². The van der Waals surface area contributed by atoms with Crippen molar-refractivity contribution in [2.45, 2.75) is 0 Å². The number of fused-ring (bicyclic) bond motifs is 1. The predicted molar refractivity (Wildman–Crippen MR) is 59.5 cm³/mol. The zero-order valence-electron chi connectivity index (χ0n) is 8.02. The first-order chi connectivity index (χ1) is 7.58. The Morgan fingerprint density at radius 2 is 2.31 bits per heavy atom. The number of imidazole rings is 1. The van der Waals surface area contributed by atoms with Gasteiger partial charge in [-0.2, -0.15) is 0 Å². The number of H-pyrrole nitrogens is 1. The van der Waals surface area contributed by atoms with Gasteiger partial charge in [-0.15, -0.1) is 0 Å². The molecule has 0 spiro atoms. The van der Waals surface area contributed by atoms with Crippen LogP contribution in [0.5, 0.6) is 0 Å². The molecule has 84 valence electrons. The van der Waals surface area contributed by atoms with Crippen LogP contribution >= 0.6 is 8.18 Å². The van der Waals surface area contributed by atoms with Crippen molar-refractivity contribution in [3.63, 3.8) is 0 Å². The van der Waals surface area contributed by atoms with E-state index in [1.807, 2.05) is 0 Å². The predicted octanol–water partition coefficient (Wildman–Crippen LogP) is 0.456. The van der Waals surface area contributed by atoms with Gasteiger partial charge >= 0.3 is 0 Å². The maximum Gasteiger partial charge on any atom is 0.284 e. The highest BCUT2D eigenvalue weighted by atomic mass is 31.1. The minimum absolute atomic E-state index is 0.0156. The molecule has 0 radical (unpaired) electrons. The molecule has 1 heterocycles. The SMILES string of the molecule is NC(=O)c1nc2c(N[PH](=O)O)cccc2[nH]1. The molecular weight excluding hydrogens is 231 g/mol. The van der Waals surface area contributed by atoms with Crippen LogP contribution in [-0.2, 0) is 4.57 Å². The van der Waals surface area contributed by atoms with Crippen LogP contribution in [0.15, 0.2) is 18.2 Å². The number of rotatable bonds is 3. The maximum absolute atomic E-state index is 10.9. The molecule has 1 atom stereocenters. The molecule has 8 heteroatoms. The Bertz CT molecular complexity index is 580. The molecular formula is C8H9N4O3P. The molecule has 0 saturated heterocycles. The van der Waals surface area contributed by atoms with E-state index >= 15 is 0 Å². The average Bonchev–Trinajstić information content (AvgIpc) is 2.61. The number of primary amides is 1. The van der Waals surface area contributed by atoms with E-state index in [0.29, 0.717) is 16.7 Å². The summed E-state index contributed by atoms with van der Waals surface area (Å²) in [5.74, 6) is -0.666. The number of aromatic nitrogens is 2. The number of carbonyl (C=O) groups excluding carboxylic acids is 1. The van der Waals surface area contributed by atoms with Crippen molar-refractivity contribution in [3.05, 3.63) is 24.0 Å².